The fraction of sp³-hybridized carbons (Fsp3) is 0.600. The second-order valence-corrected chi connectivity index (χ2v) is 7.41. The minimum absolute atomic E-state index is 0.0427. The first-order valence-electron chi connectivity index (χ1n) is 8.97. The van der Waals surface area contributed by atoms with E-state index in [1.165, 1.54) is 11.1 Å². The molecule has 5 nitrogen and oxygen atoms in total. The summed E-state index contributed by atoms with van der Waals surface area (Å²) < 4.78 is 5.46. The third-order valence-electron chi connectivity index (χ3n) is 5.14. The number of nitrogens with one attached hydrogen (secondary N) is 1. The number of carbonyl (C=O) groups is 2. The van der Waals surface area contributed by atoms with E-state index >= 15 is 0 Å². The number of carbonyl (C=O) groups excluding carboxylic acids is 1. The molecular formula is C20H29NO4. The van der Waals surface area contributed by atoms with Gasteiger partial charge in [0.05, 0.1) is 0 Å². The van der Waals surface area contributed by atoms with Crippen LogP contribution in [0.5, 0.6) is 5.75 Å². The minimum atomic E-state index is -0.980. The van der Waals surface area contributed by atoms with Gasteiger partial charge >= 0.3 is 5.97 Å². The molecule has 5 heteroatoms. The molecule has 138 valence electrons. The summed E-state index contributed by atoms with van der Waals surface area (Å²) >= 11 is 0. The fourth-order valence-corrected chi connectivity index (χ4v) is 3.67. The van der Waals surface area contributed by atoms with Gasteiger partial charge in [-0.3, -0.25) is 4.79 Å². The first-order valence-corrected chi connectivity index (χ1v) is 8.97. The Morgan fingerprint density at radius 3 is 2.56 bits per heavy atom. The van der Waals surface area contributed by atoms with Crippen LogP contribution in [0.3, 0.4) is 0 Å². The van der Waals surface area contributed by atoms with E-state index in [0.29, 0.717) is 11.7 Å². The van der Waals surface area contributed by atoms with E-state index in [1.54, 1.807) is 0 Å². The lowest BCUT2D eigenvalue weighted by atomic mass is 9.74. The lowest BCUT2D eigenvalue weighted by Gasteiger charge is -2.32. The molecule has 2 rings (SSSR count). The number of hydrogen-bond donors (Lipinski definition) is 2. The smallest absolute Gasteiger partial charge is 0.341 e. The van der Waals surface area contributed by atoms with Crippen molar-refractivity contribution < 1.29 is 19.4 Å². The zero-order chi connectivity index (χ0) is 18.7. The number of aryl methyl sites for hydroxylation is 1. The van der Waals surface area contributed by atoms with Gasteiger partial charge in [-0.1, -0.05) is 6.92 Å². The van der Waals surface area contributed by atoms with Gasteiger partial charge in [-0.05, 0) is 81.2 Å². The van der Waals surface area contributed by atoms with Crippen molar-refractivity contribution >= 4 is 11.9 Å². The van der Waals surface area contributed by atoms with Gasteiger partial charge in [-0.15, -0.1) is 0 Å². The summed E-state index contributed by atoms with van der Waals surface area (Å²) in [4.78, 5) is 23.2. The van der Waals surface area contributed by atoms with Crippen LogP contribution in [0.1, 0.15) is 49.4 Å². The molecule has 0 radical (unpaired) electrons. The van der Waals surface area contributed by atoms with Gasteiger partial charge in [-0.25, -0.2) is 4.79 Å². The van der Waals surface area contributed by atoms with Crippen LogP contribution in [0.2, 0.25) is 0 Å². The maximum Gasteiger partial charge on any atom is 0.341 e. The Morgan fingerprint density at radius 2 is 1.96 bits per heavy atom. The molecule has 0 heterocycles. The zero-order valence-electron chi connectivity index (χ0n) is 15.8. The van der Waals surface area contributed by atoms with Gasteiger partial charge in [0.2, 0.25) is 5.91 Å². The lowest BCUT2D eigenvalue weighted by molar-refractivity contribution is -0.139. The minimum Gasteiger partial charge on any atom is -0.482 e. The van der Waals surface area contributed by atoms with Crippen LogP contribution in [0.15, 0.2) is 6.07 Å². The van der Waals surface area contributed by atoms with Crippen molar-refractivity contribution in [3.8, 4) is 5.75 Å². The second-order valence-electron chi connectivity index (χ2n) is 7.41. The largest absolute Gasteiger partial charge is 0.482 e. The predicted molar refractivity (Wildman–Crippen MR) is 97.0 cm³/mol. The molecule has 2 N–H and O–H groups in total. The molecule has 0 bridgehead atoms. The number of carboxylic acids is 1. The summed E-state index contributed by atoms with van der Waals surface area (Å²) in [7, 11) is 0. The Hall–Kier alpha value is -2.04. The van der Waals surface area contributed by atoms with Gasteiger partial charge < -0.3 is 15.2 Å². The molecule has 0 fully saturated rings. The van der Waals surface area contributed by atoms with E-state index in [9.17, 15) is 9.59 Å². The molecule has 1 aromatic rings. The Morgan fingerprint density at radius 1 is 1.28 bits per heavy atom. The number of aliphatic carboxylic acids is 1. The van der Waals surface area contributed by atoms with Crippen LogP contribution in [0, 0.1) is 25.7 Å². The number of fused-ring (bicyclic) bond motifs is 1. The van der Waals surface area contributed by atoms with Crippen LogP contribution < -0.4 is 10.1 Å². The van der Waals surface area contributed by atoms with Gasteiger partial charge in [0.15, 0.2) is 6.61 Å². The van der Waals surface area contributed by atoms with Crippen LogP contribution in [-0.2, 0) is 22.4 Å². The van der Waals surface area contributed by atoms with Gasteiger partial charge in [-0.2, -0.15) is 0 Å². The highest BCUT2D eigenvalue weighted by Crippen LogP contribution is 2.37. The van der Waals surface area contributed by atoms with Crippen molar-refractivity contribution in [3.05, 3.63) is 28.3 Å². The third kappa shape index (κ3) is 4.53. The summed E-state index contributed by atoms with van der Waals surface area (Å²) in [6.07, 6.45) is 2.78. The monoisotopic (exact) mass is 347 g/mol. The lowest BCUT2D eigenvalue weighted by Crippen LogP contribution is -2.39. The normalized spacial score (nSPS) is 17.8. The number of ether oxygens (including phenoxy) is 1. The second kappa shape index (κ2) is 7.89. The molecule has 0 aliphatic heterocycles. The van der Waals surface area contributed by atoms with Gasteiger partial charge in [0.1, 0.15) is 5.75 Å². The standard InChI is InChI=1S/C20H29NO4/c1-11(2)21-20(24)13(4)15-6-7-16-12(3)8-18(25-10-19(22)23)14(5)17(16)9-15/h8,11,13,15H,6-7,9-10H2,1-5H3,(H,21,24)(H,22,23)/t13-,15+/m0/s1. The Balaban J connectivity index is 2.23. The zero-order valence-corrected chi connectivity index (χ0v) is 15.8. The molecule has 0 unspecified atom stereocenters. The summed E-state index contributed by atoms with van der Waals surface area (Å²) in [6.45, 7) is 9.63. The Kier molecular flexibility index (Phi) is 6.09. The summed E-state index contributed by atoms with van der Waals surface area (Å²) in [5.74, 6) is 0.0132. The van der Waals surface area contributed by atoms with Crippen LogP contribution in [0.25, 0.3) is 0 Å². The Bertz CT molecular complexity index is 666. The van der Waals surface area contributed by atoms with E-state index in [-0.39, 0.29) is 24.5 Å². The average molecular weight is 347 g/mol. The first kappa shape index (κ1) is 19.3. The summed E-state index contributed by atoms with van der Waals surface area (Å²) in [5.41, 5.74) is 4.69. The maximum absolute atomic E-state index is 12.4. The summed E-state index contributed by atoms with van der Waals surface area (Å²) in [5, 5.41) is 11.9. The number of amides is 1. The predicted octanol–water partition coefficient (Wildman–Crippen LogP) is 3.03. The number of hydrogen-bond acceptors (Lipinski definition) is 3. The molecular weight excluding hydrogens is 318 g/mol. The van der Waals surface area contributed by atoms with Gasteiger partial charge in [0, 0.05) is 12.0 Å². The molecule has 0 spiro atoms. The molecule has 0 aromatic heterocycles. The molecule has 2 atom stereocenters. The van der Waals surface area contributed by atoms with Crippen LogP contribution >= 0.6 is 0 Å². The van der Waals surface area contributed by atoms with E-state index in [1.807, 2.05) is 40.7 Å². The van der Waals surface area contributed by atoms with Crippen molar-refractivity contribution in [2.75, 3.05) is 6.61 Å². The molecule has 1 aromatic carbocycles. The molecule has 0 saturated heterocycles. The fourth-order valence-electron chi connectivity index (χ4n) is 3.67. The Labute approximate surface area is 149 Å². The first-order chi connectivity index (χ1) is 11.7. The van der Waals surface area contributed by atoms with Gasteiger partial charge in [0.25, 0.3) is 0 Å². The topological polar surface area (TPSA) is 75.6 Å². The number of carboxylic acid groups (broad SMARTS) is 1. The quantitative estimate of drug-likeness (QED) is 0.829. The molecule has 1 aliphatic carbocycles. The molecule has 1 aliphatic rings. The SMILES string of the molecule is Cc1cc(OCC(=O)O)c(C)c2c1CC[C@@H]([C@H](C)C(=O)NC(C)C)C2. The average Bonchev–Trinajstić information content (AvgIpc) is 2.54. The van der Waals surface area contributed by atoms with Crippen molar-refractivity contribution in [1.82, 2.24) is 5.32 Å². The highest BCUT2D eigenvalue weighted by atomic mass is 16.5. The van der Waals surface area contributed by atoms with E-state index in [4.69, 9.17) is 9.84 Å². The van der Waals surface area contributed by atoms with E-state index in [0.717, 1.165) is 30.4 Å². The highest BCUT2D eigenvalue weighted by molar-refractivity contribution is 5.79. The molecule has 25 heavy (non-hydrogen) atoms. The summed E-state index contributed by atoms with van der Waals surface area (Å²) in [6, 6.07) is 2.08. The van der Waals surface area contributed by atoms with Crippen LogP contribution in [0.4, 0.5) is 0 Å². The van der Waals surface area contributed by atoms with E-state index in [2.05, 4.69) is 5.32 Å². The van der Waals surface area contributed by atoms with Crippen molar-refractivity contribution in [2.24, 2.45) is 11.8 Å². The molecule has 1 amide bonds. The third-order valence-corrected chi connectivity index (χ3v) is 5.14. The number of rotatable bonds is 6. The van der Waals surface area contributed by atoms with Crippen molar-refractivity contribution in [2.45, 2.75) is 59.9 Å². The molecule has 0 saturated carbocycles. The van der Waals surface area contributed by atoms with Crippen LogP contribution in [-0.4, -0.2) is 29.6 Å². The van der Waals surface area contributed by atoms with E-state index < -0.39 is 5.97 Å². The van der Waals surface area contributed by atoms with Crippen molar-refractivity contribution in [3.63, 3.8) is 0 Å². The van der Waals surface area contributed by atoms with Crippen molar-refractivity contribution in [1.29, 1.82) is 0 Å². The highest BCUT2D eigenvalue weighted by Gasteiger charge is 2.30. The number of benzene rings is 1. The maximum atomic E-state index is 12.4.